The summed E-state index contributed by atoms with van der Waals surface area (Å²) in [5.74, 6) is 2.25. The molecular weight excluding hydrogens is 245 g/mol. The van der Waals surface area contributed by atoms with Gasteiger partial charge in [-0.05, 0) is 25.2 Å². The van der Waals surface area contributed by atoms with Gasteiger partial charge in [-0.3, -0.25) is 0 Å². The Labute approximate surface area is 106 Å². The minimum atomic E-state index is 0.633. The molecule has 1 aromatic heterocycles. The van der Waals surface area contributed by atoms with Gasteiger partial charge >= 0.3 is 0 Å². The maximum Gasteiger partial charge on any atom is 0.150 e. The van der Waals surface area contributed by atoms with E-state index < -0.39 is 0 Å². The molecule has 16 heavy (non-hydrogen) atoms. The molecule has 0 spiro atoms. The van der Waals surface area contributed by atoms with Gasteiger partial charge < -0.3 is 4.90 Å². The number of rotatable bonds is 3. The van der Waals surface area contributed by atoms with Gasteiger partial charge in [0.25, 0.3) is 0 Å². The molecule has 0 bridgehead atoms. The molecular formula is C11H15Cl2N3. The second-order valence-electron chi connectivity index (χ2n) is 4.13. The van der Waals surface area contributed by atoms with E-state index in [2.05, 4.69) is 14.9 Å². The van der Waals surface area contributed by atoms with Gasteiger partial charge in [-0.15, -0.1) is 11.6 Å². The average molecular weight is 260 g/mol. The molecule has 1 aliphatic rings. The quantitative estimate of drug-likeness (QED) is 0.782. The molecule has 1 atom stereocenters. The van der Waals surface area contributed by atoms with Crippen LogP contribution in [0.3, 0.4) is 0 Å². The Balaban J connectivity index is 2.07. The molecule has 1 unspecified atom stereocenters. The summed E-state index contributed by atoms with van der Waals surface area (Å²) in [4.78, 5) is 10.4. The predicted octanol–water partition coefficient (Wildman–Crippen LogP) is 2.98. The third-order valence-corrected chi connectivity index (χ3v) is 3.47. The first-order chi connectivity index (χ1) is 7.81. The minimum Gasteiger partial charge on any atom is -0.355 e. The number of hydrogen-bond donors (Lipinski definition) is 0. The summed E-state index contributed by atoms with van der Waals surface area (Å²) in [5.41, 5.74) is 0. The molecule has 1 aliphatic heterocycles. The number of piperidine rings is 1. The van der Waals surface area contributed by atoms with Gasteiger partial charge in [-0.1, -0.05) is 11.6 Å². The van der Waals surface area contributed by atoms with Crippen LogP contribution >= 0.6 is 23.2 Å². The largest absolute Gasteiger partial charge is 0.355 e. The van der Waals surface area contributed by atoms with E-state index in [0.717, 1.165) is 31.2 Å². The second-order valence-corrected chi connectivity index (χ2v) is 4.91. The first-order valence-corrected chi connectivity index (χ1v) is 6.49. The summed E-state index contributed by atoms with van der Waals surface area (Å²) in [5, 5.41) is 0.633. The summed E-state index contributed by atoms with van der Waals surface area (Å²) in [6, 6.07) is 0. The minimum absolute atomic E-state index is 0.633. The highest BCUT2D eigenvalue weighted by Crippen LogP contribution is 2.27. The maximum atomic E-state index is 6.09. The summed E-state index contributed by atoms with van der Waals surface area (Å²) in [6.07, 6.45) is 6.70. The van der Waals surface area contributed by atoms with Crippen molar-refractivity contribution in [3.05, 3.63) is 17.5 Å². The topological polar surface area (TPSA) is 29.0 Å². The molecule has 1 aromatic rings. The van der Waals surface area contributed by atoms with Crippen molar-refractivity contribution >= 4 is 29.0 Å². The molecule has 3 nitrogen and oxygen atoms in total. The van der Waals surface area contributed by atoms with E-state index in [1.165, 1.54) is 12.8 Å². The zero-order valence-corrected chi connectivity index (χ0v) is 10.6. The van der Waals surface area contributed by atoms with Crippen LogP contribution in [0.4, 0.5) is 5.82 Å². The zero-order chi connectivity index (χ0) is 11.4. The Morgan fingerprint density at radius 2 is 2.38 bits per heavy atom. The lowest BCUT2D eigenvalue weighted by Gasteiger charge is -2.33. The van der Waals surface area contributed by atoms with Gasteiger partial charge in [0.1, 0.15) is 11.3 Å². The zero-order valence-electron chi connectivity index (χ0n) is 9.07. The van der Waals surface area contributed by atoms with Crippen LogP contribution in [-0.4, -0.2) is 28.9 Å². The smallest absolute Gasteiger partial charge is 0.150 e. The normalized spacial score (nSPS) is 21.1. The van der Waals surface area contributed by atoms with Crippen LogP contribution in [-0.2, 0) is 0 Å². The van der Waals surface area contributed by atoms with E-state index in [-0.39, 0.29) is 0 Å². The van der Waals surface area contributed by atoms with Crippen LogP contribution in [0.25, 0.3) is 0 Å². The highest BCUT2D eigenvalue weighted by atomic mass is 35.5. The van der Waals surface area contributed by atoms with E-state index in [1.54, 1.807) is 12.5 Å². The molecule has 0 aliphatic carbocycles. The van der Waals surface area contributed by atoms with Crippen LogP contribution in [0, 0.1) is 5.92 Å². The van der Waals surface area contributed by atoms with Crippen LogP contribution in [0.2, 0.25) is 5.02 Å². The van der Waals surface area contributed by atoms with Crippen molar-refractivity contribution < 1.29 is 0 Å². The second kappa shape index (κ2) is 5.69. The standard InChI is InChI=1S/C11H15Cl2N3/c12-4-3-9-2-1-5-16(7-9)11-10(13)6-14-8-15-11/h6,8-9H,1-5,7H2. The number of hydrogen-bond acceptors (Lipinski definition) is 3. The lowest BCUT2D eigenvalue weighted by Crippen LogP contribution is -2.36. The van der Waals surface area contributed by atoms with Gasteiger partial charge in [-0.25, -0.2) is 9.97 Å². The van der Waals surface area contributed by atoms with Crippen molar-refractivity contribution in [3.63, 3.8) is 0 Å². The van der Waals surface area contributed by atoms with Gasteiger partial charge in [0.2, 0.25) is 0 Å². The van der Waals surface area contributed by atoms with Gasteiger partial charge in [0.05, 0.1) is 6.20 Å². The number of anilines is 1. The van der Waals surface area contributed by atoms with Gasteiger partial charge in [0, 0.05) is 19.0 Å². The Morgan fingerprint density at radius 3 is 3.12 bits per heavy atom. The Hall–Kier alpha value is -0.540. The van der Waals surface area contributed by atoms with Crippen molar-refractivity contribution in [1.82, 2.24) is 9.97 Å². The molecule has 5 heteroatoms. The lowest BCUT2D eigenvalue weighted by atomic mass is 9.95. The molecule has 1 saturated heterocycles. The fourth-order valence-electron chi connectivity index (χ4n) is 2.19. The third-order valence-electron chi connectivity index (χ3n) is 2.98. The number of nitrogens with zero attached hydrogens (tertiary/aromatic N) is 3. The molecule has 0 radical (unpaired) electrons. The lowest BCUT2D eigenvalue weighted by molar-refractivity contribution is 0.404. The van der Waals surface area contributed by atoms with E-state index in [1.807, 2.05) is 0 Å². The predicted molar refractivity (Wildman–Crippen MR) is 67.3 cm³/mol. The van der Waals surface area contributed by atoms with E-state index in [4.69, 9.17) is 23.2 Å². The molecule has 2 heterocycles. The van der Waals surface area contributed by atoms with E-state index in [9.17, 15) is 0 Å². The molecule has 2 rings (SSSR count). The van der Waals surface area contributed by atoms with Gasteiger partial charge in [0.15, 0.2) is 5.82 Å². The van der Waals surface area contributed by atoms with Crippen molar-refractivity contribution in [2.75, 3.05) is 23.9 Å². The van der Waals surface area contributed by atoms with Crippen molar-refractivity contribution in [2.24, 2.45) is 5.92 Å². The fraction of sp³-hybridized carbons (Fsp3) is 0.636. The molecule has 0 N–H and O–H groups in total. The van der Waals surface area contributed by atoms with Gasteiger partial charge in [-0.2, -0.15) is 0 Å². The third kappa shape index (κ3) is 2.77. The molecule has 0 aromatic carbocycles. The highest BCUT2D eigenvalue weighted by molar-refractivity contribution is 6.32. The SMILES string of the molecule is ClCCC1CCCN(c2ncncc2Cl)C1. The summed E-state index contributed by atoms with van der Waals surface area (Å²) in [6.45, 7) is 2.03. The van der Waals surface area contributed by atoms with Crippen LogP contribution in [0.15, 0.2) is 12.5 Å². The fourth-order valence-corrected chi connectivity index (χ4v) is 2.72. The van der Waals surface area contributed by atoms with Crippen LogP contribution < -0.4 is 4.90 Å². The summed E-state index contributed by atoms with van der Waals surface area (Å²) >= 11 is 11.9. The maximum absolute atomic E-state index is 6.09. The molecule has 0 amide bonds. The molecule has 1 fully saturated rings. The number of alkyl halides is 1. The average Bonchev–Trinajstić information content (AvgIpc) is 2.30. The first-order valence-electron chi connectivity index (χ1n) is 5.57. The highest BCUT2D eigenvalue weighted by Gasteiger charge is 2.21. The Bertz CT molecular complexity index is 344. The monoisotopic (exact) mass is 259 g/mol. The Kier molecular flexibility index (Phi) is 4.24. The van der Waals surface area contributed by atoms with Crippen molar-refractivity contribution in [2.45, 2.75) is 19.3 Å². The van der Waals surface area contributed by atoms with Crippen LogP contribution in [0.5, 0.6) is 0 Å². The first kappa shape index (κ1) is 11.9. The summed E-state index contributed by atoms with van der Waals surface area (Å²) < 4.78 is 0. The van der Waals surface area contributed by atoms with E-state index >= 15 is 0 Å². The van der Waals surface area contributed by atoms with Crippen molar-refractivity contribution in [1.29, 1.82) is 0 Å². The molecule has 88 valence electrons. The summed E-state index contributed by atoms with van der Waals surface area (Å²) in [7, 11) is 0. The number of halogens is 2. The van der Waals surface area contributed by atoms with Crippen LogP contribution in [0.1, 0.15) is 19.3 Å². The molecule has 0 saturated carbocycles. The van der Waals surface area contributed by atoms with E-state index in [0.29, 0.717) is 10.9 Å². The van der Waals surface area contributed by atoms with Crippen molar-refractivity contribution in [3.8, 4) is 0 Å². The number of aromatic nitrogens is 2. The Morgan fingerprint density at radius 1 is 1.50 bits per heavy atom.